The van der Waals surface area contributed by atoms with Crippen LogP contribution in [0, 0.1) is 6.92 Å². The largest absolute Gasteiger partial charge is 0.349 e. The summed E-state index contributed by atoms with van der Waals surface area (Å²) in [5.41, 5.74) is 2.68. The molecule has 0 bridgehead atoms. The molecule has 2 aromatic rings. The molecule has 0 fully saturated rings. The molecule has 0 unspecified atom stereocenters. The van der Waals surface area contributed by atoms with Gasteiger partial charge in [-0.1, -0.05) is 19.1 Å². The Morgan fingerprint density at radius 3 is 2.42 bits per heavy atom. The number of carbonyl (C=O) groups excluding carboxylic acids is 1. The summed E-state index contributed by atoms with van der Waals surface area (Å²) < 4.78 is 23.0. The van der Waals surface area contributed by atoms with Gasteiger partial charge >= 0.3 is 0 Å². The molecule has 1 atom stereocenters. The first-order valence-electron chi connectivity index (χ1n) is 7.80. The van der Waals surface area contributed by atoms with Crippen LogP contribution in [0.4, 0.5) is 0 Å². The Labute approximate surface area is 143 Å². The highest BCUT2D eigenvalue weighted by molar-refractivity contribution is 7.90. The maximum absolute atomic E-state index is 12.2. The first kappa shape index (κ1) is 18.1. The van der Waals surface area contributed by atoms with Crippen molar-refractivity contribution in [2.45, 2.75) is 37.6 Å². The van der Waals surface area contributed by atoms with E-state index in [2.05, 4.69) is 10.3 Å². The standard InChI is InChI=1S/C18H22N2O3S/c1-4-17(14-5-7-16(8-6-14)24(3,22)23)20-18(21)12-15-11-13(2)9-10-19-15/h5-11,17H,4,12H2,1-3H3,(H,20,21)/t17-/m0/s1. The fraction of sp³-hybridized carbons (Fsp3) is 0.333. The molecular weight excluding hydrogens is 324 g/mol. The fourth-order valence-electron chi connectivity index (χ4n) is 2.47. The number of hydrogen-bond donors (Lipinski definition) is 1. The van der Waals surface area contributed by atoms with Crippen molar-refractivity contribution in [2.24, 2.45) is 0 Å². The van der Waals surface area contributed by atoms with Gasteiger partial charge in [0.15, 0.2) is 9.84 Å². The van der Waals surface area contributed by atoms with Gasteiger partial charge in [0.05, 0.1) is 17.4 Å². The number of carbonyl (C=O) groups is 1. The molecule has 128 valence electrons. The molecule has 1 heterocycles. The highest BCUT2D eigenvalue weighted by Crippen LogP contribution is 2.19. The normalized spacial score (nSPS) is 12.6. The van der Waals surface area contributed by atoms with Gasteiger partial charge in [-0.05, 0) is 48.7 Å². The lowest BCUT2D eigenvalue weighted by molar-refractivity contribution is -0.121. The number of pyridine rings is 1. The molecule has 1 aromatic carbocycles. The summed E-state index contributed by atoms with van der Waals surface area (Å²) in [4.78, 5) is 16.7. The van der Waals surface area contributed by atoms with Crippen LogP contribution in [0.15, 0.2) is 47.5 Å². The lowest BCUT2D eigenvalue weighted by atomic mass is 10.0. The van der Waals surface area contributed by atoms with Crippen molar-refractivity contribution in [1.82, 2.24) is 10.3 Å². The van der Waals surface area contributed by atoms with Crippen LogP contribution in [-0.2, 0) is 21.1 Å². The second kappa shape index (κ2) is 7.57. The summed E-state index contributed by atoms with van der Waals surface area (Å²) in [6.45, 7) is 3.93. The number of hydrogen-bond acceptors (Lipinski definition) is 4. The van der Waals surface area contributed by atoms with E-state index in [-0.39, 0.29) is 23.3 Å². The number of nitrogens with zero attached hydrogens (tertiary/aromatic N) is 1. The molecule has 0 aliphatic heterocycles. The zero-order valence-electron chi connectivity index (χ0n) is 14.1. The molecule has 1 aromatic heterocycles. The molecule has 0 aliphatic carbocycles. The predicted octanol–water partition coefficient (Wildman–Crippen LogP) is 2.60. The zero-order chi connectivity index (χ0) is 17.7. The van der Waals surface area contributed by atoms with Crippen LogP contribution in [0.3, 0.4) is 0 Å². The molecule has 5 nitrogen and oxygen atoms in total. The van der Waals surface area contributed by atoms with Crippen LogP contribution in [0.25, 0.3) is 0 Å². The van der Waals surface area contributed by atoms with E-state index in [0.717, 1.165) is 16.8 Å². The molecule has 24 heavy (non-hydrogen) atoms. The van der Waals surface area contributed by atoms with Gasteiger partial charge in [0.2, 0.25) is 5.91 Å². The summed E-state index contributed by atoms with van der Waals surface area (Å²) in [5.74, 6) is -0.105. The van der Waals surface area contributed by atoms with Crippen LogP contribution in [0.1, 0.15) is 36.2 Å². The molecule has 0 saturated carbocycles. The van der Waals surface area contributed by atoms with Gasteiger partial charge in [-0.25, -0.2) is 8.42 Å². The van der Waals surface area contributed by atoms with Crippen molar-refractivity contribution in [3.05, 3.63) is 59.4 Å². The second-order valence-electron chi connectivity index (χ2n) is 5.87. The Balaban J connectivity index is 2.07. The molecule has 1 N–H and O–H groups in total. The van der Waals surface area contributed by atoms with E-state index in [1.807, 2.05) is 26.0 Å². The number of aryl methyl sites for hydroxylation is 1. The van der Waals surface area contributed by atoms with Gasteiger partial charge in [-0.15, -0.1) is 0 Å². The SMILES string of the molecule is CC[C@H](NC(=O)Cc1cc(C)ccn1)c1ccc(S(C)(=O)=O)cc1. The van der Waals surface area contributed by atoms with E-state index in [9.17, 15) is 13.2 Å². The van der Waals surface area contributed by atoms with Gasteiger partial charge in [0, 0.05) is 18.1 Å². The van der Waals surface area contributed by atoms with Gasteiger partial charge < -0.3 is 5.32 Å². The van der Waals surface area contributed by atoms with Gasteiger partial charge in [0.1, 0.15) is 0 Å². The molecule has 0 saturated heterocycles. The number of amides is 1. The van der Waals surface area contributed by atoms with Crippen LogP contribution < -0.4 is 5.32 Å². The van der Waals surface area contributed by atoms with E-state index in [1.54, 1.807) is 30.5 Å². The minimum Gasteiger partial charge on any atom is -0.349 e. The number of benzene rings is 1. The van der Waals surface area contributed by atoms with Gasteiger partial charge in [-0.3, -0.25) is 9.78 Å². The summed E-state index contributed by atoms with van der Waals surface area (Å²) in [6.07, 6.45) is 3.81. The first-order valence-corrected chi connectivity index (χ1v) is 9.69. The van der Waals surface area contributed by atoms with Gasteiger partial charge in [-0.2, -0.15) is 0 Å². The third-order valence-electron chi connectivity index (χ3n) is 3.77. The van der Waals surface area contributed by atoms with Crippen molar-refractivity contribution in [1.29, 1.82) is 0 Å². The minimum absolute atomic E-state index is 0.105. The topological polar surface area (TPSA) is 76.1 Å². The summed E-state index contributed by atoms with van der Waals surface area (Å²) in [6, 6.07) is 10.3. The van der Waals surface area contributed by atoms with Crippen molar-refractivity contribution in [2.75, 3.05) is 6.26 Å². The molecule has 0 radical (unpaired) electrons. The summed E-state index contributed by atoms with van der Waals surface area (Å²) >= 11 is 0. The van der Waals surface area contributed by atoms with Crippen molar-refractivity contribution >= 4 is 15.7 Å². The quantitative estimate of drug-likeness (QED) is 0.872. The van der Waals surface area contributed by atoms with Crippen molar-refractivity contribution < 1.29 is 13.2 Å². The Morgan fingerprint density at radius 1 is 1.21 bits per heavy atom. The van der Waals surface area contributed by atoms with Crippen LogP contribution in [0.5, 0.6) is 0 Å². The van der Waals surface area contributed by atoms with Crippen molar-refractivity contribution in [3.8, 4) is 0 Å². The average Bonchev–Trinajstić information content (AvgIpc) is 2.52. The zero-order valence-corrected chi connectivity index (χ0v) is 14.9. The Bertz CT molecular complexity index is 814. The number of aromatic nitrogens is 1. The lowest BCUT2D eigenvalue weighted by Crippen LogP contribution is -2.29. The van der Waals surface area contributed by atoms with E-state index >= 15 is 0 Å². The highest BCUT2D eigenvalue weighted by atomic mass is 32.2. The summed E-state index contributed by atoms with van der Waals surface area (Å²) in [7, 11) is -3.22. The summed E-state index contributed by atoms with van der Waals surface area (Å²) in [5, 5.41) is 2.98. The second-order valence-corrected chi connectivity index (χ2v) is 7.89. The smallest absolute Gasteiger partial charge is 0.226 e. The van der Waals surface area contributed by atoms with Crippen molar-refractivity contribution in [3.63, 3.8) is 0 Å². The van der Waals surface area contributed by atoms with Crippen LogP contribution >= 0.6 is 0 Å². The molecule has 0 spiro atoms. The van der Waals surface area contributed by atoms with E-state index in [4.69, 9.17) is 0 Å². The first-order chi connectivity index (χ1) is 11.3. The number of nitrogens with one attached hydrogen (secondary N) is 1. The Hall–Kier alpha value is -2.21. The minimum atomic E-state index is -3.22. The molecule has 2 rings (SSSR count). The Morgan fingerprint density at radius 2 is 1.88 bits per heavy atom. The third kappa shape index (κ3) is 4.89. The van der Waals surface area contributed by atoms with E-state index < -0.39 is 9.84 Å². The number of rotatable bonds is 6. The van der Waals surface area contributed by atoms with Crippen LogP contribution in [0.2, 0.25) is 0 Å². The van der Waals surface area contributed by atoms with Crippen LogP contribution in [-0.4, -0.2) is 25.6 Å². The average molecular weight is 346 g/mol. The maximum Gasteiger partial charge on any atom is 0.226 e. The highest BCUT2D eigenvalue weighted by Gasteiger charge is 2.15. The van der Waals surface area contributed by atoms with E-state index in [1.165, 1.54) is 6.26 Å². The molecule has 0 aliphatic rings. The third-order valence-corrected chi connectivity index (χ3v) is 4.90. The fourth-order valence-corrected chi connectivity index (χ4v) is 3.10. The van der Waals surface area contributed by atoms with E-state index in [0.29, 0.717) is 6.42 Å². The molecule has 1 amide bonds. The molecular formula is C18H22N2O3S. The van der Waals surface area contributed by atoms with Gasteiger partial charge in [0.25, 0.3) is 0 Å². The Kier molecular flexibility index (Phi) is 5.72. The monoisotopic (exact) mass is 346 g/mol. The lowest BCUT2D eigenvalue weighted by Gasteiger charge is -2.18. The predicted molar refractivity (Wildman–Crippen MR) is 93.4 cm³/mol. The molecule has 6 heteroatoms. The maximum atomic E-state index is 12.2. The number of sulfone groups is 1.